The molecule has 0 unspecified atom stereocenters. The van der Waals surface area contributed by atoms with Gasteiger partial charge in [0.25, 0.3) is 0 Å². The molecular weight excluding hydrogens is 314 g/mol. The number of aliphatic carboxylic acids is 1. The number of carboxylic acid groups (broad SMARTS) is 1. The van der Waals surface area contributed by atoms with E-state index in [0.29, 0.717) is 17.7 Å². The molecule has 24 heavy (non-hydrogen) atoms. The Kier molecular flexibility index (Phi) is 4.96. The number of amidine groups is 1. The van der Waals surface area contributed by atoms with Gasteiger partial charge in [0, 0.05) is 24.9 Å². The third-order valence-corrected chi connectivity index (χ3v) is 3.88. The van der Waals surface area contributed by atoms with Gasteiger partial charge in [-0.3, -0.25) is 10.2 Å². The van der Waals surface area contributed by atoms with Gasteiger partial charge in [0.05, 0.1) is 5.71 Å². The number of rotatable bonds is 7. The third kappa shape index (κ3) is 3.42. The van der Waals surface area contributed by atoms with Crippen LogP contribution in [0, 0.1) is 5.41 Å². The number of nitrogens with zero attached hydrogens (tertiary/aromatic N) is 1. The molecule has 0 amide bonds. The Hall–Kier alpha value is -2.78. The van der Waals surface area contributed by atoms with Crippen LogP contribution in [-0.4, -0.2) is 46.6 Å². The number of ketones is 1. The molecule has 9 nitrogen and oxygen atoms in total. The zero-order chi connectivity index (χ0) is 17.9. The maximum absolute atomic E-state index is 12.1. The molecule has 0 fully saturated rings. The van der Waals surface area contributed by atoms with Gasteiger partial charge in [0.1, 0.15) is 11.9 Å². The van der Waals surface area contributed by atoms with Gasteiger partial charge in [-0.1, -0.05) is 29.4 Å². The zero-order valence-corrected chi connectivity index (χ0v) is 12.9. The fourth-order valence-electron chi connectivity index (χ4n) is 2.26. The van der Waals surface area contributed by atoms with Gasteiger partial charge in [0.2, 0.25) is 0 Å². The normalized spacial score (nSPS) is 19.1. The van der Waals surface area contributed by atoms with Crippen molar-refractivity contribution in [2.45, 2.75) is 24.5 Å². The Morgan fingerprint density at radius 1 is 1.38 bits per heavy atom. The lowest BCUT2D eigenvalue weighted by Crippen LogP contribution is -2.60. The van der Waals surface area contributed by atoms with E-state index in [4.69, 9.17) is 32.6 Å². The molecule has 0 bridgehead atoms. The Morgan fingerprint density at radius 2 is 2.00 bits per heavy atom. The molecule has 0 spiro atoms. The summed E-state index contributed by atoms with van der Waals surface area (Å²) in [5, 5.41) is 20.3. The molecule has 0 saturated carbocycles. The van der Waals surface area contributed by atoms with E-state index < -0.39 is 29.9 Å². The Bertz CT molecular complexity index is 700. The topological polar surface area (TPSA) is 178 Å². The summed E-state index contributed by atoms with van der Waals surface area (Å²) >= 11 is 0. The monoisotopic (exact) mass is 333 g/mol. The van der Waals surface area contributed by atoms with Gasteiger partial charge in [0.15, 0.2) is 11.3 Å². The minimum absolute atomic E-state index is 0.0376. The highest BCUT2D eigenvalue weighted by atomic mass is 16.6. The lowest BCUT2D eigenvalue weighted by atomic mass is 9.90. The number of oxime groups is 1. The SMILES string of the molecule is N=C(N)c1ccc(C2=NO[C@@H](CC(=O)[C@](N)(CN)C(=O)O)C2)cc1. The van der Waals surface area contributed by atoms with E-state index in [9.17, 15) is 9.59 Å². The van der Waals surface area contributed by atoms with Gasteiger partial charge in [-0.15, -0.1) is 0 Å². The van der Waals surface area contributed by atoms with Gasteiger partial charge in [-0.25, -0.2) is 4.79 Å². The van der Waals surface area contributed by atoms with Crippen LogP contribution in [0.1, 0.15) is 24.0 Å². The van der Waals surface area contributed by atoms with Crippen LogP contribution in [0.4, 0.5) is 0 Å². The van der Waals surface area contributed by atoms with E-state index in [-0.39, 0.29) is 12.3 Å². The van der Waals surface area contributed by atoms with Crippen molar-refractivity contribution in [2.75, 3.05) is 6.54 Å². The maximum atomic E-state index is 12.1. The van der Waals surface area contributed by atoms with Crippen LogP contribution in [0.3, 0.4) is 0 Å². The first-order chi connectivity index (χ1) is 11.3. The summed E-state index contributed by atoms with van der Waals surface area (Å²) < 4.78 is 0. The predicted molar refractivity (Wildman–Crippen MR) is 86.7 cm³/mol. The molecule has 2 rings (SSSR count). The number of carboxylic acids is 1. The van der Waals surface area contributed by atoms with E-state index in [1.165, 1.54) is 0 Å². The second-order valence-corrected chi connectivity index (χ2v) is 5.57. The number of nitrogen functional groups attached to an aromatic ring is 1. The standard InChI is InChI=1S/C15H19N5O4/c16-7-15(19,14(22)23)12(21)6-10-5-11(20-24-10)8-1-3-9(4-2-8)13(17)18/h1-4,10H,5-7,16,19H2,(H3,17,18)(H,22,23)/t10-,15-/m1/s1. The summed E-state index contributed by atoms with van der Waals surface area (Å²) in [5.74, 6) is -2.20. The van der Waals surface area contributed by atoms with E-state index in [1.807, 2.05) is 0 Å². The number of hydrogen-bond acceptors (Lipinski definition) is 7. The predicted octanol–water partition coefficient (Wildman–Crippen LogP) is -0.836. The van der Waals surface area contributed by atoms with Crippen molar-refractivity contribution in [1.82, 2.24) is 0 Å². The number of carbonyl (C=O) groups is 2. The molecule has 0 aliphatic carbocycles. The zero-order valence-electron chi connectivity index (χ0n) is 12.9. The van der Waals surface area contributed by atoms with Crippen molar-refractivity contribution in [2.24, 2.45) is 22.4 Å². The number of benzene rings is 1. The van der Waals surface area contributed by atoms with Crippen LogP contribution in [0.2, 0.25) is 0 Å². The molecule has 0 aromatic heterocycles. The highest BCUT2D eigenvalue weighted by Gasteiger charge is 2.42. The van der Waals surface area contributed by atoms with Crippen LogP contribution in [-0.2, 0) is 14.4 Å². The third-order valence-electron chi connectivity index (χ3n) is 3.88. The first-order valence-corrected chi connectivity index (χ1v) is 7.21. The summed E-state index contributed by atoms with van der Waals surface area (Å²) in [6.07, 6.45) is -0.446. The van der Waals surface area contributed by atoms with Crippen molar-refractivity contribution >= 4 is 23.3 Å². The molecule has 1 aromatic carbocycles. The Balaban J connectivity index is 2.01. The number of nitrogens with two attached hydrogens (primary N) is 3. The highest BCUT2D eigenvalue weighted by Crippen LogP contribution is 2.21. The Labute approximate surface area is 137 Å². The van der Waals surface area contributed by atoms with Crippen LogP contribution in [0.25, 0.3) is 0 Å². The fourth-order valence-corrected chi connectivity index (χ4v) is 2.26. The summed E-state index contributed by atoms with van der Waals surface area (Å²) in [4.78, 5) is 28.4. The molecule has 1 aromatic rings. The van der Waals surface area contributed by atoms with Crippen molar-refractivity contribution in [3.05, 3.63) is 35.4 Å². The van der Waals surface area contributed by atoms with Gasteiger partial charge in [-0.05, 0) is 5.56 Å². The van der Waals surface area contributed by atoms with Crippen molar-refractivity contribution < 1.29 is 19.5 Å². The van der Waals surface area contributed by atoms with E-state index in [1.54, 1.807) is 24.3 Å². The second-order valence-electron chi connectivity index (χ2n) is 5.57. The number of hydrogen-bond donors (Lipinski definition) is 5. The summed E-state index contributed by atoms with van der Waals surface area (Å²) in [6.45, 7) is -0.492. The molecular formula is C15H19N5O4. The minimum Gasteiger partial charge on any atom is -0.479 e. The molecule has 2 atom stereocenters. The molecule has 0 radical (unpaired) electrons. The Morgan fingerprint density at radius 3 is 2.50 bits per heavy atom. The second kappa shape index (κ2) is 6.77. The minimum atomic E-state index is -2.12. The van der Waals surface area contributed by atoms with Gasteiger partial charge >= 0.3 is 5.97 Å². The maximum Gasteiger partial charge on any atom is 0.332 e. The van der Waals surface area contributed by atoms with Crippen molar-refractivity contribution in [3.63, 3.8) is 0 Å². The molecule has 128 valence electrons. The summed E-state index contributed by atoms with van der Waals surface area (Å²) in [7, 11) is 0. The van der Waals surface area contributed by atoms with Crippen LogP contribution >= 0.6 is 0 Å². The number of carbonyl (C=O) groups excluding carboxylic acids is 1. The number of Topliss-reactive ketones (excluding diaryl/α,β-unsaturated/α-hetero) is 1. The lowest BCUT2D eigenvalue weighted by Gasteiger charge is -2.22. The van der Waals surface area contributed by atoms with E-state index in [0.717, 1.165) is 5.56 Å². The molecule has 1 aliphatic rings. The van der Waals surface area contributed by atoms with Crippen LogP contribution < -0.4 is 17.2 Å². The van der Waals surface area contributed by atoms with Crippen LogP contribution in [0.5, 0.6) is 0 Å². The molecule has 9 heteroatoms. The smallest absolute Gasteiger partial charge is 0.332 e. The lowest BCUT2D eigenvalue weighted by molar-refractivity contribution is -0.148. The molecule has 1 aliphatic heterocycles. The molecule has 0 saturated heterocycles. The summed E-state index contributed by atoms with van der Waals surface area (Å²) in [6, 6.07) is 6.85. The fraction of sp³-hybridized carbons (Fsp3) is 0.333. The average Bonchev–Trinajstić information content (AvgIpc) is 3.02. The van der Waals surface area contributed by atoms with Gasteiger partial charge in [-0.2, -0.15) is 0 Å². The van der Waals surface area contributed by atoms with E-state index in [2.05, 4.69) is 5.16 Å². The van der Waals surface area contributed by atoms with Gasteiger partial charge < -0.3 is 27.1 Å². The largest absolute Gasteiger partial charge is 0.479 e. The van der Waals surface area contributed by atoms with Crippen molar-refractivity contribution in [3.8, 4) is 0 Å². The van der Waals surface area contributed by atoms with Crippen molar-refractivity contribution in [1.29, 1.82) is 5.41 Å². The van der Waals surface area contributed by atoms with E-state index >= 15 is 0 Å². The molecule has 8 N–H and O–H groups in total. The first kappa shape index (κ1) is 17.6. The first-order valence-electron chi connectivity index (χ1n) is 7.21. The quantitative estimate of drug-likeness (QED) is 0.245. The highest BCUT2D eigenvalue weighted by molar-refractivity contribution is 6.08. The number of nitrogens with one attached hydrogen (secondary N) is 1. The molecule has 1 heterocycles. The summed E-state index contributed by atoms with van der Waals surface area (Å²) in [5.41, 5.74) is 16.1. The average molecular weight is 333 g/mol. The van der Waals surface area contributed by atoms with Crippen LogP contribution in [0.15, 0.2) is 29.4 Å².